The molecule has 0 aliphatic rings. The second-order valence-electron chi connectivity index (χ2n) is 10.1. The largest absolute Gasteiger partial charge is 0.476 e. The molecule has 0 aromatic heterocycles. The monoisotopic (exact) mass is 447 g/mol. The summed E-state index contributed by atoms with van der Waals surface area (Å²) in [5.41, 5.74) is 0.996. The molecule has 0 radical (unpaired) electrons. The Balaban J connectivity index is 1.48. The lowest BCUT2D eigenvalue weighted by Gasteiger charge is -2.29. The molecule has 0 saturated carbocycles. The van der Waals surface area contributed by atoms with E-state index in [-0.39, 0.29) is 5.97 Å². The molecule has 3 aromatic rings. The summed E-state index contributed by atoms with van der Waals surface area (Å²) < 4.78 is 11.4. The molecule has 0 amide bonds. The first kappa shape index (κ1) is 24.8. The molecule has 0 spiro atoms. The van der Waals surface area contributed by atoms with Crippen LogP contribution in [0.5, 0.6) is 5.75 Å². The summed E-state index contributed by atoms with van der Waals surface area (Å²) in [7, 11) is 0. The van der Waals surface area contributed by atoms with Crippen LogP contribution in [0.15, 0.2) is 66.7 Å². The van der Waals surface area contributed by atoms with Crippen molar-refractivity contribution in [2.75, 3.05) is 6.54 Å². The van der Waals surface area contributed by atoms with E-state index in [1.54, 1.807) is 13.8 Å². The highest BCUT2D eigenvalue weighted by Gasteiger charge is 2.34. The maximum Gasteiger partial charge on any atom is 0.350 e. The van der Waals surface area contributed by atoms with E-state index in [0.29, 0.717) is 11.8 Å². The van der Waals surface area contributed by atoms with E-state index in [1.165, 1.54) is 21.9 Å². The molecule has 4 nitrogen and oxygen atoms in total. The van der Waals surface area contributed by atoms with Gasteiger partial charge in [-0.05, 0) is 95.0 Å². The van der Waals surface area contributed by atoms with Crippen molar-refractivity contribution in [1.29, 1.82) is 0 Å². The molecule has 0 saturated heterocycles. The number of benzene rings is 3. The van der Waals surface area contributed by atoms with Crippen LogP contribution in [-0.4, -0.2) is 23.7 Å². The molecule has 3 aromatic carbocycles. The van der Waals surface area contributed by atoms with Crippen LogP contribution in [0, 0.1) is 0 Å². The van der Waals surface area contributed by atoms with Gasteiger partial charge >= 0.3 is 5.97 Å². The van der Waals surface area contributed by atoms with Crippen molar-refractivity contribution in [2.24, 2.45) is 0 Å². The average molecular weight is 448 g/mol. The summed E-state index contributed by atoms with van der Waals surface area (Å²) in [6.07, 6.45) is 2.02. The van der Waals surface area contributed by atoms with Gasteiger partial charge in [-0.15, -0.1) is 0 Å². The molecule has 0 unspecified atom stereocenters. The predicted octanol–water partition coefficient (Wildman–Crippen LogP) is 6.62. The lowest BCUT2D eigenvalue weighted by molar-refractivity contribution is -0.170. The molecule has 0 fully saturated rings. The van der Waals surface area contributed by atoms with Gasteiger partial charge in [-0.25, -0.2) is 4.79 Å². The van der Waals surface area contributed by atoms with E-state index in [1.807, 2.05) is 32.9 Å². The van der Waals surface area contributed by atoms with E-state index in [2.05, 4.69) is 66.8 Å². The third-order valence-corrected chi connectivity index (χ3v) is 5.57. The third kappa shape index (κ3) is 7.06. The summed E-state index contributed by atoms with van der Waals surface area (Å²) in [5, 5.41) is 6.25. The standard InChI is InChI=1S/C29H37NO3/c1-21(25-15-9-13-23-12-7-8-14-26(23)25)30-20-10-11-22-16-18-24(19-17-22)32-29(5,6)27(31)33-28(2,3)4/h7-9,12-19,21,30H,10-11,20H2,1-6H3/t21-/m1/s1. The third-order valence-electron chi connectivity index (χ3n) is 5.57. The topological polar surface area (TPSA) is 47.6 Å². The molecule has 0 bridgehead atoms. The number of fused-ring (bicyclic) bond motifs is 1. The Morgan fingerprint density at radius 2 is 1.58 bits per heavy atom. The van der Waals surface area contributed by atoms with Gasteiger partial charge in [0.15, 0.2) is 5.60 Å². The molecular formula is C29H37NO3. The number of nitrogens with one attached hydrogen (secondary N) is 1. The predicted molar refractivity (Wildman–Crippen MR) is 136 cm³/mol. The Labute approximate surface area is 198 Å². The number of ether oxygens (including phenoxy) is 2. The van der Waals surface area contributed by atoms with Gasteiger partial charge in [0.1, 0.15) is 11.4 Å². The highest BCUT2D eigenvalue weighted by atomic mass is 16.6. The molecule has 0 heterocycles. The van der Waals surface area contributed by atoms with Crippen LogP contribution in [0.25, 0.3) is 10.8 Å². The first-order valence-electron chi connectivity index (χ1n) is 11.8. The van der Waals surface area contributed by atoms with E-state index < -0.39 is 11.2 Å². The zero-order chi connectivity index (χ0) is 24.1. The fraction of sp³-hybridized carbons (Fsp3) is 0.414. The summed E-state index contributed by atoms with van der Waals surface area (Å²) in [5.74, 6) is 0.294. The Hall–Kier alpha value is -2.85. The quantitative estimate of drug-likeness (QED) is 0.296. The summed E-state index contributed by atoms with van der Waals surface area (Å²) in [6.45, 7) is 12.2. The molecular weight excluding hydrogens is 410 g/mol. The lowest BCUT2D eigenvalue weighted by atomic mass is 9.99. The number of hydrogen-bond acceptors (Lipinski definition) is 4. The molecule has 0 aliphatic carbocycles. The maximum atomic E-state index is 12.4. The highest BCUT2D eigenvalue weighted by Crippen LogP contribution is 2.25. The summed E-state index contributed by atoms with van der Waals surface area (Å²) >= 11 is 0. The van der Waals surface area contributed by atoms with Crippen molar-refractivity contribution in [3.63, 3.8) is 0 Å². The minimum atomic E-state index is -1.05. The zero-order valence-corrected chi connectivity index (χ0v) is 20.8. The van der Waals surface area contributed by atoms with E-state index in [4.69, 9.17) is 9.47 Å². The fourth-order valence-electron chi connectivity index (χ4n) is 3.81. The first-order valence-corrected chi connectivity index (χ1v) is 11.8. The molecule has 1 atom stereocenters. The van der Waals surface area contributed by atoms with Crippen LogP contribution < -0.4 is 10.1 Å². The normalized spacial score (nSPS) is 13.0. The number of aryl methyl sites for hydroxylation is 1. The minimum absolute atomic E-state index is 0.293. The smallest absolute Gasteiger partial charge is 0.350 e. The number of rotatable bonds is 9. The average Bonchev–Trinajstić information content (AvgIpc) is 2.76. The van der Waals surface area contributed by atoms with Crippen molar-refractivity contribution >= 4 is 16.7 Å². The molecule has 4 heteroatoms. The molecule has 1 N–H and O–H groups in total. The molecule has 3 rings (SSSR count). The van der Waals surface area contributed by atoms with Crippen LogP contribution in [0.1, 0.15) is 65.1 Å². The summed E-state index contributed by atoms with van der Waals surface area (Å²) in [6, 6.07) is 23.3. The van der Waals surface area contributed by atoms with Gasteiger partial charge in [-0.2, -0.15) is 0 Å². The number of hydrogen-bond donors (Lipinski definition) is 1. The van der Waals surface area contributed by atoms with Crippen molar-refractivity contribution in [3.8, 4) is 5.75 Å². The second kappa shape index (κ2) is 10.4. The van der Waals surface area contributed by atoms with Gasteiger partial charge in [0.05, 0.1) is 0 Å². The van der Waals surface area contributed by atoms with Crippen molar-refractivity contribution in [1.82, 2.24) is 5.32 Å². The highest BCUT2D eigenvalue weighted by molar-refractivity contribution is 5.86. The Kier molecular flexibility index (Phi) is 7.80. The minimum Gasteiger partial charge on any atom is -0.476 e. The van der Waals surface area contributed by atoms with Crippen LogP contribution in [0.3, 0.4) is 0 Å². The van der Waals surface area contributed by atoms with Gasteiger partial charge in [-0.3, -0.25) is 0 Å². The van der Waals surface area contributed by atoms with E-state index in [9.17, 15) is 4.79 Å². The van der Waals surface area contributed by atoms with Crippen LogP contribution in [0.4, 0.5) is 0 Å². The van der Waals surface area contributed by atoms with Gasteiger partial charge in [0, 0.05) is 6.04 Å². The number of esters is 1. The van der Waals surface area contributed by atoms with Crippen molar-refractivity contribution in [2.45, 2.75) is 71.6 Å². The maximum absolute atomic E-state index is 12.4. The summed E-state index contributed by atoms with van der Waals surface area (Å²) in [4.78, 5) is 12.4. The molecule has 0 aliphatic heterocycles. The van der Waals surface area contributed by atoms with Gasteiger partial charge in [-0.1, -0.05) is 54.6 Å². The SMILES string of the molecule is C[C@@H](NCCCc1ccc(OC(C)(C)C(=O)OC(C)(C)C)cc1)c1cccc2ccccc12. The van der Waals surface area contributed by atoms with Gasteiger partial charge in [0.2, 0.25) is 0 Å². The van der Waals surface area contributed by atoms with E-state index >= 15 is 0 Å². The van der Waals surface area contributed by atoms with Gasteiger partial charge in [0.25, 0.3) is 0 Å². The first-order chi connectivity index (χ1) is 15.5. The van der Waals surface area contributed by atoms with Crippen molar-refractivity contribution in [3.05, 3.63) is 77.9 Å². The van der Waals surface area contributed by atoms with Gasteiger partial charge < -0.3 is 14.8 Å². The molecule has 176 valence electrons. The number of carbonyl (C=O) groups excluding carboxylic acids is 1. The van der Waals surface area contributed by atoms with E-state index in [0.717, 1.165) is 19.4 Å². The lowest BCUT2D eigenvalue weighted by Crippen LogP contribution is -2.43. The Morgan fingerprint density at radius 3 is 2.27 bits per heavy atom. The molecule has 33 heavy (non-hydrogen) atoms. The fourth-order valence-corrected chi connectivity index (χ4v) is 3.81. The number of carbonyl (C=O) groups is 1. The van der Waals surface area contributed by atoms with Crippen molar-refractivity contribution < 1.29 is 14.3 Å². The van der Waals surface area contributed by atoms with Crippen LogP contribution in [0.2, 0.25) is 0 Å². The van der Waals surface area contributed by atoms with Crippen LogP contribution >= 0.6 is 0 Å². The second-order valence-corrected chi connectivity index (χ2v) is 10.1. The van der Waals surface area contributed by atoms with Crippen LogP contribution in [-0.2, 0) is 16.0 Å². The zero-order valence-electron chi connectivity index (χ0n) is 20.8. The Morgan fingerprint density at radius 1 is 0.909 bits per heavy atom. The Bertz CT molecular complexity index is 1060.